The second-order valence-electron chi connectivity index (χ2n) is 9.15. The Labute approximate surface area is 203 Å². The molecule has 0 spiro atoms. The van der Waals surface area contributed by atoms with Crippen molar-refractivity contribution in [1.82, 2.24) is 20.4 Å². The third-order valence-corrected chi connectivity index (χ3v) is 7.08. The third-order valence-electron chi connectivity index (χ3n) is 7.08. The molecule has 2 aliphatic rings. The van der Waals surface area contributed by atoms with Gasteiger partial charge in [0.25, 0.3) is 0 Å². The number of methoxy groups -OCH3 is 2. The Hall–Kier alpha value is -2.77. The first kappa shape index (κ1) is 24.4. The highest BCUT2D eigenvalue weighted by molar-refractivity contribution is 5.74. The van der Waals surface area contributed by atoms with E-state index in [9.17, 15) is 4.79 Å². The average molecular weight is 467 g/mol. The summed E-state index contributed by atoms with van der Waals surface area (Å²) in [6.45, 7) is 5.41. The number of likely N-dealkylation sites (tertiary alicyclic amines) is 2. The number of amides is 2. The molecular formula is C27H38N4O3. The zero-order valence-electron chi connectivity index (χ0n) is 20.5. The summed E-state index contributed by atoms with van der Waals surface area (Å²) >= 11 is 0. The summed E-state index contributed by atoms with van der Waals surface area (Å²) < 4.78 is 10.6. The summed E-state index contributed by atoms with van der Waals surface area (Å²) in [4.78, 5) is 17.8. The van der Waals surface area contributed by atoms with Crippen molar-refractivity contribution in [3.63, 3.8) is 0 Å². The number of carbonyl (C=O) groups excluding carboxylic acids is 1. The highest BCUT2D eigenvalue weighted by Gasteiger charge is 2.26. The smallest absolute Gasteiger partial charge is 0.314 e. The van der Waals surface area contributed by atoms with Gasteiger partial charge in [0.05, 0.1) is 26.3 Å². The third kappa shape index (κ3) is 6.21. The molecule has 2 heterocycles. The predicted molar refractivity (Wildman–Crippen MR) is 134 cm³/mol. The standard InChI is InChI=1S/C27H38N4O3/c1-33-23-11-7-21(8-12-23)25(30-15-3-4-16-30)19-28-27(32)29-20-26(31-17-5-6-18-31)22-9-13-24(34-2)14-10-22/h7-14,25-26H,3-6,15-20H2,1-2H3,(H2,28,29,32). The van der Waals surface area contributed by atoms with Crippen LogP contribution in [0.3, 0.4) is 0 Å². The van der Waals surface area contributed by atoms with E-state index in [2.05, 4.69) is 44.7 Å². The van der Waals surface area contributed by atoms with E-state index < -0.39 is 0 Å². The lowest BCUT2D eigenvalue weighted by atomic mass is 10.0. The average Bonchev–Trinajstić information content (AvgIpc) is 3.60. The molecule has 34 heavy (non-hydrogen) atoms. The van der Waals surface area contributed by atoms with Gasteiger partial charge in [-0.15, -0.1) is 0 Å². The van der Waals surface area contributed by atoms with Gasteiger partial charge in [0.15, 0.2) is 0 Å². The Kier molecular flexibility index (Phi) is 8.66. The summed E-state index contributed by atoms with van der Waals surface area (Å²) in [6, 6.07) is 16.6. The second-order valence-corrected chi connectivity index (χ2v) is 9.15. The molecule has 7 nitrogen and oxygen atoms in total. The van der Waals surface area contributed by atoms with Crippen LogP contribution in [0, 0.1) is 0 Å². The maximum atomic E-state index is 12.8. The first-order chi connectivity index (χ1) is 16.7. The number of nitrogens with zero attached hydrogens (tertiary/aromatic N) is 2. The highest BCUT2D eigenvalue weighted by atomic mass is 16.5. The van der Waals surface area contributed by atoms with Gasteiger partial charge in [0, 0.05) is 13.1 Å². The van der Waals surface area contributed by atoms with Gasteiger partial charge in [-0.1, -0.05) is 24.3 Å². The number of hydrogen-bond donors (Lipinski definition) is 2. The van der Waals surface area contributed by atoms with Gasteiger partial charge in [-0.3, -0.25) is 9.80 Å². The van der Waals surface area contributed by atoms with E-state index in [4.69, 9.17) is 9.47 Å². The lowest BCUT2D eigenvalue weighted by Gasteiger charge is -2.30. The van der Waals surface area contributed by atoms with Gasteiger partial charge in [0.2, 0.25) is 0 Å². The number of nitrogens with one attached hydrogen (secondary N) is 2. The quantitative estimate of drug-likeness (QED) is 0.555. The van der Waals surface area contributed by atoms with Crippen LogP contribution in [0.4, 0.5) is 4.79 Å². The first-order valence-electron chi connectivity index (χ1n) is 12.5. The van der Waals surface area contributed by atoms with Crippen LogP contribution in [-0.4, -0.2) is 69.3 Å². The molecule has 2 amide bonds. The number of hydrogen-bond acceptors (Lipinski definition) is 5. The van der Waals surface area contributed by atoms with Crippen molar-refractivity contribution in [2.45, 2.75) is 37.8 Å². The lowest BCUT2D eigenvalue weighted by Crippen LogP contribution is -2.44. The molecule has 0 radical (unpaired) electrons. The fraction of sp³-hybridized carbons (Fsp3) is 0.519. The van der Waals surface area contributed by atoms with Gasteiger partial charge >= 0.3 is 6.03 Å². The van der Waals surface area contributed by atoms with Crippen LogP contribution in [0.15, 0.2) is 48.5 Å². The molecule has 2 aromatic rings. The number of ether oxygens (including phenoxy) is 2. The van der Waals surface area contributed by atoms with Gasteiger partial charge in [-0.05, 0) is 87.3 Å². The van der Waals surface area contributed by atoms with Gasteiger partial charge in [-0.2, -0.15) is 0 Å². The van der Waals surface area contributed by atoms with Crippen LogP contribution < -0.4 is 20.1 Å². The molecule has 0 aromatic heterocycles. The maximum Gasteiger partial charge on any atom is 0.314 e. The van der Waals surface area contributed by atoms with Crippen molar-refractivity contribution in [2.24, 2.45) is 0 Å². The molecule has 7 heteroatoms. The number of benzene rings is 2. The van der Waals surface area contributed by atoms with Crippen LogP contribution in [0.5, 0.6) is 11.5 Å². The fourth-order valence-corrected chi connectivity index (χ4v) is 5.12. The molecule has 2 N–H and O–H groups in total. The van der Waals surface area contributed by atoms with Crippen molar-refractivity contribution in [3.05, 3.63) is 59.7 Å². The minimum Gasteiger partial charge on any atom is -0.497 e. The Morgan fingerprint density at radius 2 is 1.06 bits per heavy atom. The van der Waals surface area contributed by atoms with Crippen LogP contribution in [-0.2, 0) is 0 Å². The van der Waals surface area contributed by atoms with E-state index in [0.717, 1.165) is 37.7 Å². The Morgan fingerprint density at radius 1 is 0.706 bits per heavy atom. The number of rotatable bonds is 10. The Balaban J connectivity index is 1.36. The topological polar surface area (TPSA) is 66.1 Å². The minimum absolute atomic E-state index is 0.115. The van der Waals surface area contributed by atoms with Crippen molar-refractivity contribution in [1.29, 1.82) is 0 Å². The molecule has 0 bridgehead atoms. The van der Waals surface area contributed by atoms with E-state index in [1.165, 1.54) is 36.8 Å². The molecule has 0 aliphatic carbocycles. The Bertz CT molecular complexity index is 818. The van der Waals surface area contributed by atoms with E-state index in [1.54, 1.807) is 14.2 Å². The van der Waals surface area contributed by atoms with E-state index in [-0.39, 0.29) is 18.1 Å². The molecule has 2 atom stereocenters. The van der Waals surface area contributed by atoms with Crippen molar-refractivity contribution < 1.29 is 14.3 Å². The minimum atomic E-state index is -0.115. The Morgan fingerprint density at radius 3 is 1.38 bits per heavy atom. The molecule has 2 saturated heterocycles. The normalized spacial score (nSPS) is 18.4. The molecule has 2 fully saturated rings. The molecule has 4 rings (SSSR count). The van der Waals surface area contributed by atoms with Crippen molar-refractivity contribution in [2.75, 3.05) is 53.5 Å². The van der Waals surface area contributed by atoms with Gasteiger partial charge in [0.1, 0.15) is 11.5 Å². The summed E-state index contributed by atoms with van der Waals surface area (Å²) in [5, 5.41) is 6.28. The van der Waals surface area contributed by atoms with Crippen LogP contribution in [0.1, 0.15) is 48.9 Å². The zero-order chi connectivity index (χ0) is 23.8. The van der Waals surface area contributed by atoms with Crippen LogP contribution in [0.2, 0.25) is 0 Å². The monoisotopic (exact) mass is 466 g/mol. The fourth-order valence-electron chi connectivity index (χ4n) is 5.12. The number of urea groups is 1. The maximum absolute atomic E-state index is 12.8. The van der Waals surface area contributed by atoms with Gasteiger partial charge in [-0.25, -0.2) is 4.79 Å². The molecule has 2 unspecified atom stereocenters. The van der Waals surface area contributed by atoms with Crippen LogP contribution >= 0.6 is 0 Å². The largest absolute Gasteiger partial charge is 0.497 e. The molecule has 184 valence electrons. The summed E-state index contributed by atoms with van der Waals surface area (Å²) in [7, 11) is 3.36. The van der Waals surface area contributed by atoms with E-state index in [1.807, 2.05) is 24.3 Å². The van der Waals surface area contributed by atoms with Crippen LogP contribution in [0.25, 0.3) is 0 Å². The number of carbonyl (C=O) groups is 1. The van der Waals surface area contributed by atoms with E-state index in [0.29, 0.717) is 13.1 Å². The van der Waals surface area contributed by atoms with Gasteiger partial charge < -0.3 is 20.1 Å². The molecule has 2 aromatic carbocycles. The highest BCUT2D eigenvalue weighted by Crippen LogP contribution is 2.27. The molecule has 0 saturated carbocycles. The van der Waals surface area contributed by atoms with E-state index >= 15 is 0 Å². The second kappa shape index (κ2) is 12.1. The molecular weight excluding hydrogens is 428 g/mol. The van der Waals surface area contributed by atoms with Crippen molar-refractivity contribution >= 4 is 6.03 Å². The molecule has 2 aliphatic heterocycles. The zero-order valence-corrected chi connectivity index (χ0v) is 20.5. The first-order valence-corrected chi connectivity index (χ1v) is 12.5. The SMILES string of the molecule is COc1ccc(C(CNC(=O)NCC(c2ccc(OC)cc2)N2CCCC2)N2CCCC2)cc1. The van der Waals surface area contributed by atoms with Crippen molar-refractivity contribution in [3.8, 4) is 11.5 Å². The summed E-state index contributed by atoms with van der Waals surface area (Å²) in [6.07, 6.45) is 4.83. The predicted octanol–water partition coefficient (Wildman–Crippen LogP) is 3.98. The summed E-state index contributed by atoms with van der Waals surface area (Å²) in [5.74, 6) is 1.70. The summed E-state index contributed by atoms with van der Waals surface area (Å²) in [5.41, 5.74) is 2.41. The lowest BCUT2D eigenvalue weighted by molar-refractivity contribution is 0.210.